The second kappa shape index (κ2) is 12.3. The molecule has 2 aromatic heterocycles. The van der Waals surface area contributed by atoms with E-state index >= 15 is 0 Å². The highest BCUT2D eigenvalue weighted by molar-refractivity contribution is 6.11. The highest BCUT2D eigenvalue weighted by Gasteiger charge is 2.57. The number of halogens is 6. The molecule has 45 heavy (non-hydrogen) atoms. The lowest BCUT2D eigenvalue weighted by atomic mass is 9.75. The number of fused-ring (bicyclic) bond motifs is 1. The van der Waals surface area contributed by atoms with Crippen LogP contribution in [0.2, 0.25) is 0 Å². The van der Waals surface area contributed by atoms with E-state index in [0.29, 0.717) is 0 Å². The van der Waals surface area contributed by atoms with E-state index in [2.05, 4.69) is 21.7 Å². The van der Waals surface area contributed by atoms with Crippen molar-refractivity contribution in [1.29, 1.82) is 5.26 Å². The van der Waals surface area contributed by atoms with Crippen LogP contribution in [0.5, 0.6) is 0 Å². The Bertz CT molecular complexity index is 1790. The molecule has 0 spiro atoms. The van der Waals surface area contributed by atoms with Gasteiger partial charge in [0.1, 0.15) is 17.4 Å². The van der Waals surface area contributed by atoms with Crippen LogP contribution in [0.4, 0.5) is 32.2 Å². The third-order valence-electron chi connectivity index (χ3n) is 7.69. The van der Waals surface area contributed by atoms with Crippen LogP contribution in [-0.4, -0.2) is 42.4 Å². The average Bonchev–Trinajstić information content (AvgIpc) is 3.37. The molecule has 2 aromatic carbocycles. The second-order valence-corrected chi connectivity index (χ2v) is 11.0. The van der Waals surface area contributed by atoms with Crippen LogP contribution in [0.15, 0.2) is 59.0 Å². The van der Waals surface area contributed by atoms with Crippen molar-refractivity contribution in [1.82, 2.24) is 10.3 Å². The van der Waals surface area contributed by atoms with Crippen molar-refractivity contribution in [2.75, 3.05) is 18.9 Å². The molecule has 0 aliphatic carbocycles. The Kier molecular flexibility index (Phi) is 9.00. The summed E-state index contributed by atoms with van der Waals surface area (Å²) >= 11 is 0. The molecule has 2 N–H and O–H groups in total. The molecule has 4 rings (SSSR count). The number of amides is 1. The van der Waals surface area contributed by atoms with Crippen molar-refractivity contribution in [2.45, 2.75) is 39.3 Å². The first-order chi connectivity index (χ1) is 21.0. The van der Waals surface area contributed by atoms with Crippen molar-refractivity contribution in [2.24, 2.45) is 11.3 Å². The molecule has 1 amide bonds. The third kappa shape index (κ3) is 6.64. The topological polar surface area (TPSA) is 108 Å². The molecule has 0 aliphatic rings. The molecular formula is C32H28F6N4O3. The molecule has 7 nitrogen and oxygen atoms in total. The van der Waals surface area contributed by atoms with E-state index in [9.17, 15) is 41.2 Å². The number of Topliss-reactive ketones (excluding diaryl/α,β-unsaturated/α-hetero) is 1. The summed E-state index contributed by atoms with van der Waals surface area (Å²) in [6.07, 6.45) is -5.98. The van der Waals surface area contributed by atoms with Crippen LogP contribution in [0.3, 0.4) is 0 Å². The zero-order valence-corrected chi connectivity index (χ0v) is 24.6. The van der Waals surface area contributed by atoms with Gasteiger partial charge in [0, 0.05) is 30.2 Å². The second-order valence-electron chi connectivity index (χ2n) is 11.0. The van der Waals surface area contributed by atoms with Crippen molar-refractivity contribution >= 4 is 28.6 Å². The molecule has 0 saturated heterocycles. The molecule has 0 saturated carbocycles. The molecule has 1 unspecified atom stereocenters. The highest BCUT2D eigenvalue weighted by atomic mass is 19.4. The molecule has 0 fully saturated rings. The number of aromatic nitrogens is 1. The average molecular weight is 631 g/mol. The zero-order valence-electron chi connectivity index (χ0n) is 24.6. The zero-order chi connectivity index (χ0) is 33.3. The quantitative estimate of drug-likeness (QED) is 0.136. The lowest BCUT2D eigenvalue weighted by molar-refractivity contribution is -0.275. The van der Waals surface area contributed by atoms with Crippen LogP contribution in [0, 0.1) is 28.5 Å². The van der Waals surface area contributed by atoms with Gasteiger partial charge in [0.2, 0.25) is 5.71 Å². The number of anilines is 1. The van der Waals surface area contributed by atoms with E-state index in [1.54, 1.807) is 20.8 Å². The van der Waals surface area contributed by atoms with Gasteiger partial charge in [-0.1, -0.05) is 32.0 Å². The van der Waals surface area contributed by atoms with Crippen LogP contribution < -0.4 is 10.6 Å². The molecular weight excluding hydrogens is 602 g/mol. The lowest BCUT2D eigenvalue weighted by Crippen LogP contribution is -2.42. The largest absolute Gasteiger partial charge is 0.455 e. The summed E-state index contributed by atoms with van der Waals surface area (Å²) in [4.78, 5) is 30.5. The SMILES string of the molecule is CNC(=O)c1c(-c2ccc(F)cc2)oc2nc(NCC(F)(F)C(F)(F)F)c(-c3cccc(C(=O)CC(C)(C#N)C(C)C)c3)cc12. The Balaban J connectivity index is 1.92. The number of ketones is 1. The van der Waals surface area contributed by atoms with Gasteiger partial charge in [0.25, 0.3) is 5.91 Å². The van der Waals surface area contributed by atoms with E-state index in [0.717, 1.165) is 12.1 Å². The number of benzene rings is 2. The first-order valence-electron chi connectivity index (χ1n) is 13.7. The van der Waals surface area contributed by atoms with Gasteiger partial charge < -0.3 is 15.1 Å². The van der Waals surface area contributed by atoms with E-state index < -0.39 is 47.4 Å². The summed E-state index contributed by atoms with van der Waals surface area (Å²) in [6, 6.07) is 14.3. The van der Waals surface area contributed by atoms with Gasteiger partial charge in [-0.2, -0.15) is 32.2 Å². The van der Waals surface area contributed by atoms with Gasteiger partial charge in [-0.05, 0) is 54.8 Å². The van der Waals surface area contributed by atoms with Crippen molar-refractivity contribution in [3.8, 4) is 28.5 Å². The lowest BCUT2D eigenvalue weighted by Gasteiger charge is -2.25. The number of furan rings is 1. The first-order valence-corrected chi connectivity index (χ1v) is 13.7. The van der Waals surface area contributed by atoms with Crippen LogP contribution in [-0.2, 0) is 0 Å². The third-order valence-corrected chi connectivity index (χ3v) is 7.69. The fourth-order valence-corrected chi connectivity index (χ4v) is 4.50. The summed E-state index contributed by atoms with van der Waals surface area (Å²) in [5, 5.41) is 14.3. The number of alkyl halides is 5. The summed E-state index contributed by atoms with van der Waals surface area (Å²) in [6.45, 7) is 3.39. The van der Waals surface area contributed by atoms with Gasteiger partial charge >= 0.3 is 12.1 Å². The number of carbonyl (C=O) groups is 2. The minimum Gasteiger partial charge on any atom is -0.437 e. The number of nitrogens with zero attached hydrogens (tertiary/aromatic N) is 2. The van der Waals surface area contributed by atoms with E-state index in [1.807, 2.05) is 0 Å². The Morgan fingerprint density at radius 3 is 2.27 bits per heavy atom. The van der Waals surface area contributed by atoms with Gasteiger partial charge in [-0.25, -0.2) is 4.39 Å². The van der Waals surface area contributed by atoms with Gasteiger partial charge in [0.15, 0.2) is 5.78 Å². The molecule has 0 radical (unpaired) electrons. The first kappa shape index (κ1) is 33.0. The van der Waals surface area contributed by atoms with Crippen LogP contribution in [0.25, 0.3) is 33.6 Å². The number of rotatable bonds is 10. The minimum absolute atomic E-state index is 0.0151. The van der Waals surface area contributed by atoms with E-state index in [-0.39, 0.29) is 57.0 Å². The fourth-order valence-electron chi connectivity index (χ4n) is 4.50. The van der Waals surface area contributed by atoms with Gasteiger partial charge in [-0.15, -0.1) is 0 Å². The van der Waals surface area contributed by atoms with Crippen molar-refractivity contribution in [3.05, 3.63) is 71.5 Å². The molecule has 13 heteroatoms. The number of hydrogen-bond donors (Lipinski definition) is 2. The normalized spacial score (nSPS) is 13.4. The smallest absolute Gasteiger partial charge is 0.437 e. The van der Waals surface area contributed by atoms with E-state index in [4.69, 9.17) is 4.42 Å². The van der Waals surface area contributed by atoms with Crippen LogP contribution in [0.1, 0.15) is 47.9 Å². The fraction of sp³-hybridized carbons (Fsp3) is 0.312. The van der Waals surface area contributed by atoms with Crippen LogP contribution >= 0.6 is 0 Å². The maximum absolute atomic E-state index is 14.0. The van der Waals surface area contributed by atoms with Crippen molar-refractivity contribution < 1.29 is 40.3 Å². The predicted molar refractivity (Wildman–Crippen MR) is 155 cm³/mol. The van der Waals surface area contributed by atoms with Crippen molar-refractivity contribution in [3.63, 3.8) is 0 Å². The summed E-state index contributed by atoms with van der Waals surface area (Å²) in [5.41, 5.74) is -0.697. The maximum Gasteiger partial charge on any atom is 0.455 e. The molecule has 1 atom stereocenters. The molecule has 4 aromatic rings. The molecule has 2 heterocycles. The number of nitrogens with one attached hydrogen (secondary N) is 2. The number of carbonyl (C=O) groups excluding carboxylic acids is 2. The Morgan fingerprint density at radius 1 is 1.02 bits per heavy atom. The Labute approximate surface area is 254 Å². The standard InChI is InChI=1S/C32H28F6N4O3/c1-17(2)30(3,15-39)14-24(43)20-7-5-6-19(12-20)22-13-23-25(28(44)40-4)26(18-8-10-21(33)11-9-18)45-29(23)42-27(22)41-16-31(34,35)32(36,37)38/h5-13,17H,14,16H2,1-4H3,(H,40,44)(H,41,42). The number of nitriles is 1. The summed E-state index contributed by atoms with van der Waals surface area (Å²) in [5.74, 6) is -7.38. The predicted octanol–water partition coefficient (Wildman–Crippen LogP) is 8.03. The molecule has 236 valence electrons. The Morgan fingerprint density at radius 2 is 1.69 bits per heavy atom. The highest BCUT2D eigenvalue weighted by Crippen LogP contribution is 2.40. The number of hydrogen-bond acceptors (Lipinski definition) is 6. The van der Waals surface area contributed by atoms with E-state index in [1.165, 1.54) is 49.5 Å². The molecule has 0 aliphatic heterocycles. The van der Waals surface area contributed by atoms with Gasteiger partial charge in [0.05, 0.1) is 29.0 Å². The summed E-state index contributed by atoms with van der Waals surface area (Å²) < 4.78 is 86.4. The number of pyridine rings is 1. The minimum atomic E-state index is -5.85. The maximum atomic E-state index is 14.0. The Hall–Kier alpha value is -4.86. The monoisotopic (exact) mass is 630 g/mol. The van der Waals surface area contributed by atoms with Gasteiger partial charge in [-0.3, -0.25) is 9.59 Å². The summed E-state index contributed by atoms with van der Waals surface area (Å²) in [7, 11) is 1.35. The molecule has 0 bridgehead atoms.